The second-order valence-corrected chi connectivity index (χ2v) is 6.78. The fourth-order valence-corrected chi connectivity index (χ4v) is 3.55. The standard InChI is InChI=1S/C21H22F3NO2/c22-21(23,24)27-17-13-11-16(12-14-17)25-20(15-7-3-1-4-8-15)18-9-5-2-6-10-19(18)26/h1,3-4,7-8,11-14,18,20,25H,2,5-6,9-10H2. The number of alkyl halides is 3. The van der Waals surface area contributed by atoms with Gasteiger partial charge in [0, 0.05) is 18.0 Å². The molecule has 2 aromatic carbocycles. The first-order chi connectivity index (χ1) is 12.9. The van der Waals surface area contributed by atoms with E-state index in [0.717, 1.165) is 31.2 Å². The Bertz CT molecular complexity index is 744. The van der Waals surface area contributed by atoms with E-state index in [2.05, 4.69) is 10.1 Å². The van der Waals surface area contributed by atoms with E-state index in [0.29, 0.717) is 12.1 Å². The third kappa shape index (κ3) is 5.49. The number of halogens is 3. The Morgan fingerprint density at radius 3 is 2.33 bits per heavy atom. The molecule has 0 saturated heterocycles. The van der Waals surface area contributed by atoms with Crippen LogP contribution in [0.2, 0.25) is 0 Å². The van der Waals surface area contributed by atoms with Gasteiger partial charge in [-0.3, -0.25) is 4.79 Å². The fraction of sp³-hybridized carbons (Fsp3) is 0.381. The van der Waals surface area contributed by atoms with Crippen LogP contribution in [-0.2, 0) is 4.79 Å². The van der Waals surface area contributed by atoms with Gasteiger partial charge in [0.15, 0.2) is 0 Å². The first-order valence-electron chi connectivity index (χ1n) is 9.12. The number of carbonyl (C=O) groups excluding carboxylic acids is 1. The summed E-state index contributed by atoms with van der Waals surface area (Å²) in [6.45, 7) is 0. The molecule has 0 aromatic heterocycles. The van der Waals surface area contributed by atoms with Crippen LogP contribution in [0.1, 0.15) is 43.7 Å². The monoisotopic (exact) mass is 377 g/mol. The molecule has 0 spiro atoms. The molecular formula is C21H22F3NO2. The summed E-state index contributed by atoms with van der Waals surface area (Å²) in [6.07, 6.45) is -0.365. The molecule has 6 heteroatoms. The maximum absolute atomic E-state index is 12.6. The fourth-order valence-electron chi connectivity index (χ4n) is 3.55. The lowest BCUT2D eigenvalue weighted by atomic mass is 9.86. The van der Waals surface area contributed by atoms with Gasteiger partial charge in [0.25, 0.3) is 0 Å². The number of Topliss-reactive ketones (excluding diaryl/α,β-unsaturated/α-hetero) is 1. The molecule has 0 bridgehead atoms. The second-order valence-electron chi connectivity index (χ2n) is 6.78. The quantitative estimate of drug-likeness (QED) is 0.661. The van der Waals surface area contributed by atoms with Crippen LogP contribution in [0.4, 0.5) is 18.9 Å². The van der Waals surface area contributed by atoms with Gasteiger partial charge in [-0.25, -0.2) is 0 Å². The predicted octanol–water partition coefficient (Wildman–Crippen LogP) is 5.89. The molecule has 1 aliphatic carbocycles. The van der Waals surface area contributed by atoms with Crippen LogP contribution in [0.3, 0.4) is 0 Å². The summed E-state index contributed by atoms with van der Waals surface area (Å²) in [5.41, 5.74) is 1.64. The van der Waals surface area contributed by atoms with E-state index in [4.69, 9.17) is 0 Å². The average molecular weight is 377 g/mol. The number of ether oxygens (including phenoxy) is 1. The van der Waals surface area contributed by atoms with Crippen LogP contribution < -0.4 is 10.1 Å². The minimum Gasteiger partial charge on any atom is -0.406 e. The molecule has 1 fully saturated rings. The zero-order chi connectivity index (χ0) is 19.3. The highest BCUT2D eigenvalue weighted by molar-refractivity contribution is 5.82. The molecule has 3 rings (SSSR count). The topological polar surface area (TPSA) is 38.3 Å². The first kappa shape index (κ1) is 19.3. The van der Waals surface area contributed by atoms with Crippen LogP contribution in [0.5, 0.6) is 5.75 Å². The Hall–Kier alpha value is -2.50. The normalized spacial score (nSPS) is 19.2. The third-order valence-electron chi connectivity index (χ3n) is 4.82. The van der Waals surface area contributed by atoms with Gasteiger partial charge in [-0.2, -0.15) is 0 Å². The van der Waals surface area contributed by atoms with Crippen molar-refractivity contribution in [3.63, 3.8) is 0 Å². The van der Waals surface area contributed by atoms with Crippen molar-refractivity contribution in [1.29, 1.82) is 0 Å². The molecule has 1 saturated carbocycles. The second kappa shape index (κ2) is 8.46. The van der Waals surface area contributed by atoms with Crippen LogP contribution in [0, 0.1) is 5.92 Å². The maximum atomic E-state index is 12.6. The van der Waals surface area contributed by atoms with Crippen LogP contribution in [0.15, 0.2) is 54.6 Å². The molecule has 0 aliphatic heterocycles. The lowest BCUT2D eigenvalue weighted by molar-refractivity contribution is -0.274. The summed E-state index contributed by atoms with van der Waals surface area (Å²) in [5, 5.41) is 3.36. The predicted molar refractivity (Wildman–Crippen MR) is 97.5 cm³/mol. The number of nitrogens with one attached hydrogen (secondary N) is 1. The Morgan fingerprint density at radius 2 is 1.67 bits per heavy atom. The number of carbonyl (C=O) groups is 1. The largest absolute Gasteiger partial charge is 0.573 e. The first-order valence-corrected chi connectivity index (χ1v) is 9.12. The minimum absolute atomic E-state index is 0.152. The number of hydrogen-bond donors (Lipinski definition) is 1. The van der Waals surface area contributed by atoms with E-state index >= 15 is 0 Å². The number of benzene rings is 2. The summed E-state index contributed by atoms with van der Waals surface area (Å²) >= 11 is 0. The zero-order valence-corrected chi connectivity index (χ0v) is 14.8. The van der Waals surface area contributed by atoms with Gasteiger partial charge < -0.3 is 10.1 Å². The van der Waals surface area contributed by atoms with Gasteiger partial charge in [-0.15, -0.1) is 13.2 Å². The lowest BCUT2D eigenvalue weighted by Gasteiger charge is -2.28. The van der Waals surface area contributed by atoms with Crippen molar-refractivity contribution in [2.75, 3.05) is 5.32 Å². The number of anilines is 1. The van der Waals surface area contributed by atoms with E-state index in [1.807, 2.05) is 30.3 Å². The number of rotatable bonds is 5. The van der Waals surface area contributed by atoms with Crippen molar-refractivity contribution in [2.24, 2.45) is 5.92 Å². The van der Waals surface area contributed by atoms with Gasteiger partial charge >= 0.3 is 6.36 Å². The highest BCUT2D eigenvalue weighted by atomic mass is 19.4. The van der Waals surface area contributed by atoms with E-state index in [1.165, 1.54) is 24.3 Å². The molecule has 1 aliphatic rings. The smallest absolute Gasteiger partial charge is 0.406 e. The lowest BCUT2D eigenvalue weighted by Crippen LogP contribution is -2.27. The summed E-state index contributed by atoms with van der Waals surface area (Å²) < 4.78 is 40.9. The van der Waals surface area contributed by atoms with Crippen molar-refractivity contribution in [1.82, 2.24) is 0 Å². The molecule has 3 nitrogen and oxygen atoms in total. The van der Waals surface area contributed by atoms with Gasteiger partial charge in [-0.05, 0) is 42.7 Å². The molecule has 0 amide bonds. The Kier molecular flexibility index (Phi) is 6.04. The van der Waals surface area contributed by atoms with Crippen LogP contribution in [0.25, 0.3) is 0 Å². The summed E-state index contributed by atoms with van der Waals surface area (Å²) in [6, 6.07) is 15.1. The average Bonchev–Trinajstić information content (AvgIpc) is 2.85. The molecular weight excluding hydrogens is 355 g/mol. The van der Waals surface area contributed by atoms with E-state index < -0.39 is 6.36 Å². The van der Waals surface area contributed by atoms with Crippen molar-refractivity contribution in [3.8, 4) is 5.75 Å². The Morgan fingerprint density at radius 1 is 0.963 bits per heavy atom. The molecule has 2 unspecified atom stereocenters. The van der Waals surface area contributed by atoms with Crippen molar-refractivity contribution in [2.45, 2.75) is 44.5 Å². The molecule has 144 valence electrons. The van der Waals surface area contributed by atoms with Gasteiger partial charge in [-0.1, -0.05) is 43.2 Å². The number of hydrogen-bond acceptors (Lipinski definition) is 3. The van der Waals surface area contributed by atoms with Gasteiger partial charge in [0.05, 0.1) is 6.04 Å². The molecule has 2 aromatic rings. The maximum Gasteiger partial charge on any atom is 0.573 e. The highest BCUT2D eigenvalue weighted by Gasteiger charge is 2.32. The van der Waals surface area contributed by atoms with Crippen molar-refractivity contribution < 1.29 is 22.7 Å². The highest BCUT2D eigenvalue weighted by Crippen LogP contribution is 2.34. The summed E-state index contributed by atoms with van der Waals surface area (Å²) in [7, 11) is 0. The molecule has 27 heavy (non-hydrogen) atoms. The Labute approximate surface area is 156 Å². The summed E-state index contributed by atoms with van der Waals surface area (Å²) in [4.78, 5) is 12.6. The molecule has 1 N–H and O–H groups in total. The minimum atomic E-state index is -4.71. The third-order valence-corrected chi connectivity index (χ3v) is 4.82. The van der Waals surface area contributed by atoms with Gasteiger partial charge in [0.1, 0.15) is 11.5 Å². The Balaban J connectivity index is 1.82. The van der Waals surface area contributed by atoms with Crippen molar-refractivity contribution in [3.05, 3.63) is 60.2 Å². The summed E-state index contributed by atoms with van der Waals surface area (Å²) in [5.74, 6) is -0.179. The van der Waals surface area contributed by atoms with Gasteiger partial charge in [0.2, 0.25) is 0 Å². The molecule has 2 atom stereocenters. The van der Waals surface area contributed by atoms with Crippen LogP contribution in [-0.4, -0.2) is 12.1 Å². The molecule has 0 radical (unpaired) electrons. The van der Waals surface area contributed by atoms with E-state index in [1.54, 1.807) is 0 Å². The van der Waals surface area contributed by atoms with E-state index in [9.17, 15) is 18.0 Å². The van der Waals surface area contributed by atoms with Crippen molar-refractivity contribution >= 4 is 11.5 Å². The SMILES string of the molecule is O=C1CCCCCC1C(Nc1ccc(OC(F)(F)F)cc1)c1ccccc1. The molecule has 0 heterocycles. The van der Waals surface area contributed by atoms with Crippen LogP contribution >= 0.6 is 0 Å². The zero-order valence-electron chi connectivity index (χ0n) is 14.8. The number of ketones is 1. The van der Waals surface area contributed by atoms with E-state index in [-0.39, 0.29) is 23.5 Å².